The van der Waals surface area contributed by atoms with Crippen molar-refractivity contribution in [3.8, 4) is 0 Å². The van der Waals surface area contributed by atoms with E-state index in [0.29, 0.717) is 5.69 Å². The van der Waals surface area contributed by atoms with Gasteiger partial charge in [-0.05, 0) is 47.6 Å². The maximum atomic E-state index is 12.7. The molecule has 0 aromatic heterocycles. The summed E-state index contributed by atoms with van der Waals surface area (Å²) in [4.78, 5) is 12.8. The van der Waals surface area contributed by atoms with E-state index in [0.717, 1.165) is 24.5 Å². The normalized spacial score (nSPS) is 13.2. The Labute approximate surface area is 146 Å². The highest BCUT2D eigenvalue weighted by Gasteiger charge is 2.20. The Morgan fingerprint density at radius 3 is 2.40 bits per heavy atom. The van der Waals surface area contributed by atoms with Crippen molar-refractivity contribution >= 4 is 32.2 Å². The molecule has 126 valence electrons. The molecule has 3 aromatic carbocycles. The van der Waals surface area contributed by atoms with Crippen LogP contribution in [0, 0.1) is 0 Å². The molecule has 1 aliphatic rings. The minimum absolute atomic E-state index is 0.0402. The van der Waals surface area contributed by atoms with Gasteiger partial charge >= 0.3 is 0 Å². The van der Waals surface area contributed by atoms with Gasteiger partial charge < -0.3 is 5.32 Å². The lowest BCUT2D eigenvalue weighted by Gasteiger charge is -2.12. The number of aryl methyl sites for hydroxylation is 2. The first-order chi connectivity index (χ1) is 11.9. The predicted octanol–water partition coefficient (Wildman–Crippen LogP) is 3.59. The zero-order valence-electron chi connectivity index (χ0n) is 13.7. The molecule has 0 bridgehead atoms. The predicted molar refractivity (Wildman–Crippen MR) is 98.9 cm³/mol. The fraction of sp³-hybridized carbons (Fsp3) is 0.150. The van der Waals surface area contributed by atoms with Gasteiger partial charge in [0.15, 0.2) is 9.84 Å². The maximum Gasteiger partial charge on any atom is 0.257 e. The number of amides is 1. The van der Waals surface area contributed by atoms with Crippen molar-refractivity contribution in [3.05, 3.63) is 71.3 Å². The second kappa shape index (κ2) is 5.70. The number of hydrogen-bond acceptors (Lipinski definition) is 3. The van der Waals surface area contributed by atoms with Crippen LogP contribution < -0.4 is 5.32 Å². The summed E-state index contributed by atoms with van der Waals surface area (Å²) in [5.41, 5.74) is 3.45. The summed E-state index contributed by atoms with van der Waals surface area (Å²) >= 11 is 0. The second-order valence-electron chi connectivity index (χ2n) is 6.33. The molecule has 25 heavy (non-hydrogen) atoms. The van der Waals surface area contributed by atoms with E-state index in [9.17, 15) is 13.2 Å². The monoisotopic (exact) mass is 351 g/mol. The molecule has 0 fully saturated rings. The van der Waals surface area contributed by atoms with E-state index in [1.807, 2.05) is 24.3 Å². The Morgan fingerprint density at radius 1 is 0.920 bits per heavy atom. The van der Waals surface area contributed by atoms with Crippen LogP contribution in [0.15, 0.2) is 59.5 Å². The first-order valence-electron chi connectivity index (χ1n) is 8.09. The number of carbonyl (C=O) groups is 1. The van der Waals surface area contributed by atoms with E-state index in [1.54, 1.807) is 12.1 Å². The van der Waals surface area contributed by atoms with Crippen LogP contribution in [0.5, 0.6) is 0 Å². The van der Waals surface area contributed by atoms with Gasteiger partial charge in [-0.2, -0.15) is 0 Å². The number of carbonyl (C=O) groups excluding carboxylic acids is 1. The molecule has 3 aromatic rings. The smallest absolute Gasteiger partial charge is 0.257 e. The van der Waals surface area contributed by atoms with Gasteiger partial charge in [0.2, 0.25) is 0 Å². The van der Waals surface area contributed by atoms with Crippen LogP contribution in [0.2, 0.25) is 0 Å². The second-order valence-corrected chi connectivity index (χ2v) is 8.32. The first kappa shape index (κ1) is 15.8. The van der Waals surface area contributed by atoms with Crippen LogP contribution in [-0.4, -0.2) is 20.6 Å². The van der Waals surface area contributed by atoms with Crippen LogP contribution in [0.4, 0.5) is 5.69 Å². The molecule has 4 nitrogen and oxygen atoms in total. The Morgan fingerprint density at radius 2 is 1.64 bits per heavy atom. The quantitative estimate of drug-likeness (QED) is 0.784. The minimum atomic E-state index is -3.48. The Balaban J connectivity index is 1.78. The Bertz CT molecular complexity index is 1110. The lowest BCUT2D eigenvalue weighted by atomic mass is 10.0. The number of anilines is 1. The molecule has 1 amide bonds. The average Bonchev–Trinajstić information content (AvgIpc) is 3.01. The third-order valence-corrected chi connectivity index (χ3v) is 5.81. The Hall–Kier alpha value is -2.66. The van der Waals surface area contributed by atoms with Crippen molar-refractivity contribution in [3.63, 3.8) is 0 Å². The number of rotatable bonds is 3. The number of sulfone groups is 1. The lowest BCUT2D eigenvalue weighted by molar-refractivity contribution is 0.102. The molecular formula is C20H17NO3S. The van der Waals surface area contributed by atoms with Crippen LogP contribution in [-0.2, 0) is 22.7 Å². The SMILES string of the molecule is CS(=O)(=O)c1ccccc1C(=O)Nc1ccc2c3c(cccc13)CC2. The van der Waals surface area contributed by atoms with Crippen molar-refractivity contribution < 1.29 is 13.2 Å². The standard InChI is InChI=1S/C20H17NO3S/c1-25(23,24)18-8-3-2-6-16(18)20(22)21-17-12-11-14-10-9-13-5-4-7-15(17)19(13)14/h2-8,11-12H,9-10H2,1H3,(H,21,22). The zero-order chi connectivity index (χ0) is 17.6. The number of hydrogen-bond donors (Lipinski definition) is 1. The third-order valence-electron chi connectivity index (χ3n) is 4.66. The van der Waals surface area contributed by atoms with Crippen LogP contribution in [0.1, 0.15) is 21.5 Å². The summed E-state index contributed by atoms with van der Waals surface area (Å²) in [6.45, 7) is 0. The molecule has 1 N–H and O–H groups in total. The van der Waals surface area contributed by atoms with Crippen molar-refractivity contribution in [2.24, 2.45) is 0 Å². The van der Waals surface area contributed by atoms with Gasteiger partial charge in [0.05, 0.1) is 10.5 Å². The number of benzene rings is 3. The summed E-state index contributed by atoms with van der Waals surface area (Å²) in [7, 11) is -3.48. The summed E-state index contributed by atoms with van der Waals surface area (Å²) in [6, 6.07) is 16.3. The third kappa shape index (κ3) is 2.70. The van der Waals surface area contributed by atoms with Crippen molar-refractivity contribution in [1.82, 2.24) is 0 Å². The summed E-state index contributed by atoms with van der Waals surface area (Å²) < 4.78 is 23.9. The van der Waals surface area contributed by atoms with Crippen molar-refractivity contribution in [2.75, 3.05) is 11.6 Å². The van der Waals surface area contributed by atoms with Crippen molar-refractivity contribution in [2.45, 2.75) is 17.7 Å². The fourth-order valence-corrected chi connectivity index (χ4v) is 4.41. The van der Waals surface area contributed by atoms with Crippen LogP contribution >= 0.6 is 0 Å². The van der Waals surface area contributed by atoms with E-state index in [4.69, 9.17) is 0 Å². The van der Waals surface area contributed by atoms with Gasteiger partial charge in [0.25, 0.3) is 5.91 Å². The van der Waals surface area contributed by atoms with E-state index >= 15 is 0 Å². The average molecular weight is 351 g/mol. The summed E-state index contributed by atoms with van der Waals surface area (Å²) in [5, 5.41) is 5.10. The van der Waals surface area contributed by atoms with Gasteiger partial charge in [-0.25, -0.2) is 8.42 Å². The molecule has 0 aliphatic heterocycles. The highest BCUT2D eigenvalue weighted by molar-refractivity contribution is 7.90. The Kier molecular flexibility index (Phi) is 3.62. The van der Waals surface area contributed by atoms with Gasteiger partial charge in [-0.1, -0.05) is 36.4 Å². The molecular weight excluding hydrogens is 334 g/mol. The molecule has 0 unspecified atom stereocenters. The molecule has 4 rings (SSSR count). The molecule has 5 heteroatoms. The topological polar surface area (TPSA) is 63.2 Å². The van der Waals surface area contributed by atoms with E-state index in [1.165, 1.54) is 28.6 Å². The summed E-state index contributed by atoms with van der Waals surface area (Å²) in [6.07, 6.45) is 3.14. The van der Waals surface area contributed by atoms with Gasteiger partial charge in [0, 0.05) is 17.3 Å². The molecule has 0 saturated heterocycles. The van der Waals surface area contributed by atoms with Crippen LogP contribution in [0.3, 0.4) is 0 Å². The van der Waals surface area contributed by atoms with E-state index in [-0.39, 0.29) is 10.5 Å². The highest BCUT2D eigenvalue weighted by atomic mass is 32.2. The maximum absolute atomic E-state index is 12.7. The van der Waals surface area contributed by atoms with Crippen LogP contribution in [0.25, 0.3) is 10.8 Å². The minimum Gasteiger partial charge on any atom is -0.321 e. The van der Waals surface area contributed by atoms with Gasteiger partial charge in [-0.15, -0.1) is 0 Å². The van der Waals surface area contributed by atoms with E-state index in [2.05, 4.69) is 11.4 Å². The molecule has 1 aliphatic carbocycles. The zero-order valence-corrected chi connectivity index (χ0v) is 14.6. The first-order valence-corrected chi connectivity index (χ1v) is 9.98. The number of nitrogens with one attached hydrogen (secondary N) is 1. The van der Waals surface area contributed by atoms with Crippen molar-refractivity contribution in [1.29, 1.82) is 0 Å². The molecule has 0 radical (unpaired) electrons. The molecule has 0 spiro atoms. The molecule has 0 saturated carbocycles. The molecule has 0 heterocycles. The van der Waals surface area contributed by atoms with Gasteiger partial charge in [-0.3, -0.25) is 4.79 Å². The molecule has 0 atom stereocenters. The fourth-order valence-electron chi connectivity index (χ4n) is 3.52. The van der Waals surface area contributed by atoms with Gasteiger partial charge in [0.1, 0.15) is 0 Å². The largest absolute Gasteiger partial charge is 0.321 e. The van der Waals surface area contributed by atoms with E-state index < -0.39 is 15.7 Å². The lowest BCUT2D eigenvalue weighted by Crippen LogP contribution is -2.16. The summed E-state index contributed by atoms with van der Waals surface area (Å²) in [5.74, 6) is -0.417. The highest BCUT2D eigenvalue weighted by Crippen LogP contribution is 2.35.